The van der Waals surface area contributed by atoms with Gasteiger partial charge in [0.05, 0.1) is 35.2 Å². The molecule has 2 aromatic carbocycles. The second kappa shape index (κ2) is 9.59. The van der Waals surface area contributed by atoms with Crippen LogP contribution in [-0.2, 0) is 16.1 Å². The number of carbonyl (C=O) groups excluding carboxylic acids is 5. The minimum atomic E-state index is -0.904. The molecule has 1 aliphatic rings. The lowest BCUT2D eigenvalue weighted by molar-refractivity contribution is -0.123. The van der Waals surface area contributed by atoms with Gasteiger partial charge in [0.15, 0.2) is 6.61 Å². The molecular weight excluding hydrogens is 466 g/mol. The zero-order chi connectivity index (χ0) is 24.2. The quantitative estimate of drug-likeness (QED) is 0.408. The van der Waals surface area contributed by atoms with Crippen molar-refractivity contribution in [2.24, 2.45) is 0 Å². The zero-order valence-electron chi connectivity index (χ0n) is 17.4. The Kier molecular flexibility index (Phi) is 6.42. The first-order valence-electron chi connectivity index (χ1n) is 9.89. The lowest BCUT2D eigenvalue weighted by Crippen LogP contribution is -2.41. The first-order valence-corrected chi connectivity index (χ1v) is 10.3. The zero-order valence-corrected chi connectivity index (χ0v) is 18.1. The summed E-state index contributed by atoms with van der Waals surface area (Å²) in [6, 6.07) is 12.5. The van der Waals surface area contributed by atoms with E-state index in [1.54, 1.807) is 24.3 Å². The number of furan rings is 1. The van der Waals surface area contributed by atoms with Gasteiger partial charge in [0.1, 0.15) is 5.76 Å². The number of benzene rings is 2. The number of ether oxygens (including phenoxy) is 1. The molecule has 0 bridgehead atoms. The number of carbonyl (C=O) groups is 5. The summed E-state index contributed by atoms with van der Waals surface area (Å²) >= 11 is 5.86. The van der Waals surface area contributed by atoms with Gasteiger partial charge in [0.25, 0.3) is 17.7 Å². The Morgan fingerprint density at radius 2 is 1.71 bits per heavy atom. The van der Waals surface area contributed by atoms with Crippen molar-refractivity contribution in [3.05, 3.63) is 88.3 Å². The van der Waals surface area contributed by atoms with E-state index in [2.05, 4.69) is 5.32 Å². The predicted molar refractivity (Wildman–Crippen MR) is 118 cm³/mol. The van der Waals surface area contributed by atoms with Crippen molar-refractivity contribution in [3.63, 3.8) is 0 Å². The molecule has 3 aromatic rings. The molecule has 0 radical (unpaired) electrons. The Morgan fingerprint density at radius 1 is 0.971 bits per heavy atom. The lowest BCUT2D eigenvalue weighted by atomic mass is 10.1. The second-order valence-electron chi connectivity index (χ2n) is 7.07. The maximum atomic E-state index is 12.8. The molecule has 0 unspecified atom stereocenters. The summed E-state index contributed by atoms with van der Waals surface area (Å²) in [5.74, 6) is -2.41. The summed E-state index contributed by atoms with van der Waals surface area (Å²) < 4.78 is 9.96. The Balaban J connectivity index is 1.35. The molecule has 0 fully saturated rings. The van der Waals surface area contributed by atoms with Gasteiger partial charge in [-0.1, -0.05) is 11.6 Å². The van der Waals surface area contributed by atoms with Crippen LogP contribution < -0.4 is 15.5 Å². The van der Waals surface area contributed by atoms with Gasteiger partial charge in [-0.2, -0.15) is 0 Å². The number of nitrogens with zero attached hydrogens (tertiary/aromatic N) is 1. The van der Waals surface area contributed by atoms with E-state index in [1.165, 1.54) is 36.6 Å². The van der Waals surface area contributed by atoms with Crippen molar-refractivity contribution < 1.29 is 33.1 Å². The number of esters is 1. The summed E-state index contributed by atoms with van der Waals surface area (Å²) in [4.78, 5) is 62.4. The average molecular weight is 482 g/mol. The number of halogens is 1. The van der Waals surface area contributed by atoms with Crippen LogP contribution in [0.3, 0.4) is 0 Å². The van der Waals surface area contributed by atoms with Gasteiger partial charge in [-0.05, 0) is 54.6 Å². The number of hydrogen-bond donors (Lipinski definition) is 2. The molecule has 2 heterocycles. The Bertz CT molecular complexity index is 1290. The van der Waals surface area contributed by atoms with E-state index in [-0.39, 0.29) is 23.2 Å². The number of hydrogen-bond acceptors (Lipinski definition) is 7. The van der Waals surface area contributed by atoms with Crippen molar-refractivity contribution >= 4 is 47.0 Å². The Labute approximate surface area is 197 Å². The van der Waals surface area contributed by atoms with Gasteiger partial charge in [-0.3, -0.25) is 19.7 Å². The predicted octanol–water partition coefficient (Wildman–Crippen LogP) is 2.92. The first kappa shape index (κ1) is 22.7. The van der Waals surface area contributed by atoms with E-state index < -0.39 is 36.3 Å². The molecule has 11 heteroatoms. The van der Waals surface area contributed by atoms with Gasteiger partial charge in [-0.25, -0.2) is 14.5 Å². The van der Waals surface area contributed by atoms with Crippen LogP contribution in [0.15, 0.2) is 65.3 Å². The van der Waals surface area contributed by atoms with Crippen LogP contribution in [0.1, 0.15) is 36.8 Å². The number of anilines is 1. The van der Waals surface area contributed by atoms with E-state index >= 15 is 0 Å². The monoisotopic (exact) mass is 481 g/mol. The van der Waals surface area contributed by atoms with Crippen molar-refractivity contribution in [2.45, 2.75) is 6.54 Å². The normalized spacial score (nSPS) is 12.3. The number of urea groups is 1. The van der Waals surface area contributed by atoms with Crippen LogP contribution >= 0.6 is 11.6 Å². The highest BCUT2D eigenvalue weighted by atomic mass is 35.5. The minimum absolute atomic E-state index is 0.0242. The fourth-order valence-corrected chi connectivity index (χ4v) is 3.32. The highest BCUT2D eigenvalue weighted by Gasteiger charge is 2.37. The minimum Gasteiger partial charge on any atom is -0.467 e. The SMILES string of the molecule is O=C(COC(=O)c1ccc2c(c1)C(=O)N(c1ccc(Cl)cc1)C2=O)NC(=O)NCc1ccco1. The molecule has 0 saturated carbocycles. The van der Waals surface area contributed by atoms with Crippen LogP contribution in [-0.4, -0.2) is 36.3 Å². The summed E-state index contributed by atoms with van der Waals surface area (Å²) in [6.45, 7) is -0.658. The van der Waals surface area contributed by atoms with E-state index in [1.807, 2.05) is 5.32 Å². The van der Waals surface area contributed by atoms with Gasteiger partial charge in [0.2, 0.25) is 0 Å². The van der Waals surface area contributed by atoms with Crippen molar-refractivity contribution in [3.8, 4) is 0 Å². The molecule has 0 spiro atoms. The smallest absolute Gasteiger partial charge is 0.338 e. The number of amides is 5. The number of fused-ring (bicyclic) bond motifs is 1. The van der Waals surface area contributed by atoms with Gasteiger partial charge in [-0.15, -0.1) is 0 Å². The third-order valence-corrected chi connectivity index (χ3v) is 5.05. The van der Waals surface area contributed by atoms with E-state index in [0.29, 0.717) is 16.5 Å². The van der Waals surface area contributed by atoms with Crippen molar-refractivity contribution in [1.82, 2.24) is 10.6 Å². The molecule has 4 rings (SSSR count). The molecule has 34 heavy (non-hydrogen) atoms. The molecule has 2 N–H and O–H groups in total. The van der Waals surface area contributed by atoms with E-state index in [9.17, 15) is 24.0 Å². The average Bonchev–Trinajstić information content (AvgIpc) is 3.43. The van der Waals surface area contributed by atoms with Gasteiger partial charge in [0, 0.05) is 5.02 Å². The number of imide groups is 2. The largest absolute Gasteiger partial charge is 0.467 e. The number of rotatable bonds is 6. The standard InChI is InChI=1S/C23H16ClN3O7/c24-14-4-6-15(7-5-14)27-20(29)17-8-3-13(10-18(17)21(27)30)22(31)34-12-19(28)26-23(32)25-11-16-2-1-9-33-16/h1-10H,11-12H2,(H2,25,26,28,32). The third-order valence-electron chi connectivity index (χ3n) is 4.80. The fourth-order valence-electron chi connectivity index (χ4n) is 3.19. The molecule has 0 atom stereocenters. The van der Waals surface area contributed by atoms with Crippen LogP contribution in [0.4, 0.5) is 10.5 Å². The summed E-state index contributed by atoms with van der Waals surface area (Å²) in [7, 11) is 0. The molecular formula is C23H16ClN3O7. The molecule has 0 saturated heterocycles. The highest BCUT2D eigenvalue weighted by molar-refractivity contribution is 6.35. The second-order valence-corrected chi connectivity index (χ2v) is 7.51. The van der Waals surface area contributed by atoms with Crippen LogP contribution in [0, 0.1) is 0 Å². The van der Waals surface area contributed by atoms with Crippen molar-refractivity contribution in [1.29, 1.82) is 0 Å². The fraction of sp³-hybridized carbons (Fsp3) is 0.0870. The van der Waals surface area contributed by atoms with Gasteiger partial charge < -0.3 is 14.5 Å². The maximum Gasteiger partial charge on any atom is 0.338 e. The molecule has 1 aromatic heterocycles. The summed E-state index contributed by atoms with van der Waals surface area (Å²) in [6.07, 6.45) is 1.44. The van der Waals surface area contributed by atoms with Crippen molar-refractivity contribution in [2.75, 3.05) is 11.5 Å². The summed E-state index contributed by atoms with van der Waals surface area (Å²) in [5, 5.41) is 4.86. The summed E-state index contributed by atoms with van der Waals surface area (Å²) in [5.41, 5.74) is 0.452. The highest BCUT2D eigenvalue weighted by Crippen LogP contribution is 2.30. The van der Waals surface area contributed by atoms with Crippen LogP contribution in [0.5, 0.6) is 0 Å². The Hall–Kier alpha value is -4.44. The lowest BCUT2D eigenvalue weighted by Gasteiger charge is -2.13. The van der Waals surface area contributed by atoms with Crippen LogP contribution in [0.2, 0.25) is 5.02 Å². The molecule has 0 aliphatic carbocycles. The maximum absolute atomic E-state index is 12.8. The van der Waals surface area contributed by atoms with Gasteiger partial charge >= 0.3 is 12.0 Å². The van der Waals surface area contributed by atoms with Crippen LogP contribution in [0.25, 0.3) is 0 Å². The van der Waals surface area contributed by atoms with E-state index in [0.717, 1.165) is 4.90 Å². The first-order chi connectivity index (χ1) is 16.3. The van der Waals surface area contributed by atoms with E-state index in [4.69, 9.17) is 20.8 Å². The third kappa shape index (κ3) is 4.81. The topological polar surface area (TPSA) is 135 Å². The molecule has 5 amide bonds. The molecule has 1 aliphatic heterocycles. The molecule has 10 nitrogen and oxygen atoms in total. The Morgan fingerprint density at radius 3 is 2.41 bits per heavy atom. The molecule has 172 valence electrons. The number of nitrogens with one attached hydrogen (secondary N) is 2.